The van der Waals surface area contributed by atoms with Crippen molar-refractivity contribution in [2.75, 3.05) is 11.9 Å². The van der Waals surface area contributed by atoms with Gasteiger partial charge in [-0.2, -0.15) is 0 Å². The maximum absolute atomic E-state index is 13.0. The molecule has 3 nitrogen and oxygen atoms in total. The highest BCUT2D eigenvalue weighted by Gasteiger charge is 2.13. The third kappa shape index (κ3) is 5.47. The van der Waals surface area contributed by atoms with E-state index in [4.69, 9.17) is 9.47 Å². The van der Waals surface area contributed by atoms with Crippen LogP contribution in [0.15, 0.2) is 71.2 Å². The Hall–Kier alpha value is -2.53. The molecular weight excluding hydrogens is 409 g/mol. The highest BCUT2D eigenvalue weighted by atomic mass is 79.9. The second-order valence-corrected chi connectivity index (χ2v) is 6.83. The van der Waals surface area contributed by atoms with Crippen LogP contribution in [0.25, 0.3) is 0 Å². The summed E-state index contributed by atoms with van der Waals surface area (Å²) < 4.78 is 25.6. The van der Waals surface area contributed by atoms with E-state index in [0.29, 0.717) is 31.3 Å². The Morgan fingerprint density at radius 1 is 0.926 bits per heavy atom. The van der Waals surface area contributed by atoms with Crippen LogP contribution in [0.4, 0.5) is 10.1 Å². The molecule has 0 heterocycles. The standard InChI is InChI=1S/C22H21BrFNO2/c1-2-26-21-13-17(14-25-19-10-8-18(24)9-11-19)12-20(23)22(21)27-15-16-6-4-3-5-7-16/h3-13,25H,2,14-15H2,1H3. The summed E-state index contributed by atoms with van der Waals surface area (Å²) in [4.78, 5) is 0. The first-order chi connectivity index (χ1) is 13.2. The van der Waals surface area contributed by atoms with Gasteiger partial charge >= 0.3 is 0 Å². The average Bonchev–Trinajstić information content (AvgIpc) is 2.68. The minimum Gasteiger partial charge on any atom is -0.490 e. The molecule has 0 aliphatic heterocycles. The van der Waals surface area contributed by atoms with E-state index in [9.17, 15) is 4.39 Å². The summed E-state index contributed by atoms with van der Waals surface area (Å²) in [7, 11) is 0. The second-order valence-electron chi connectivity index (χ2n) is 5.97. The molecule has 0 bridgehead atoms. The van der Waals surface area contributed by atoms with E-state index in [2.05, 4.69) is 21.2 Å². The lowest BCUT2D eigenvalue weighted by Gasteiger charge is -2.16. The zero-order valence-electron chi connectivity index (χ0n) is 15.0. The van der Waals surface area contributed by atoms with E-state index < -0.39 is 0 Å². The Morgan fingerprint density at radius 2 is 1.67 bits per heavy atom. The Bertz CT molecular complexity index is 869. The van der Waals surface area contributed by atoms with Crippen LogP contribution >= 0.6 is 15.9 Å². The molecule has 27 heavy (non-hydrogen) atoms. The van der Waals surface area contributed by atoms with E-state index in [1.165, 1.54) is 12.1 Å². The lowest BCUT2D eigenvalue weighted by atomic mass is 10.2. The van der Waals surface area contributed by atoms with Crippen molar-refractivity contribution in [3.63, 3.8) is 0 Å². The van der Waals surface area contributed by atoms with Crippen LogP contribution in [0.2, 0.25) is 0 Å². The van der Waals surface area contributed by atoms with Crippen molar-refractivity contribution in [2.45, 2.75) is 20.1 Å². The van der Waals surface area contributed by atoms with Gasteiger partial charge in [0.15, 0.2) is 11.5 Å². The molecule has 5 heteroatoms. The maximum atomic E-state index is 13.0. The first-order valence-corrected chi connectivity index (χ1v) is 9.56. The molecule has 3 rings (SSSR count). The van der Waals surface area contributed by atoms with E-state index in [0.717, 1.165) is 21.3 Å². The summed E-state index contributed by atoms with van der Waals surface area (Å²) >= 11 is 3.59. The van der Waals surface area contributed by atoms with Gasteiger partial charge in [0.2, 0.25) is 0 Å². The van der Waals surface area contributed by atoms with Crippen molar-refractivity contribution < 1.29 is 13.9 Å². The molecule has 0 aliphatic carbocycles. The Morgan fingerprint density at radius 3 is 2.37 bits per heavy atom. The first kappa shape index (κ1) is 19.2. The second kappa shape index (κ2) is 9.42. The number of nitrogens with one attached hydrogen (secondary N) is 1. The van der Waals surface area contributed by atoms with Crippen LogP contribution in [0.3, 0.4) is 0 Å². The number of halogens is 2. The smallest absolute Gasteiger partial charge is 0.175 e. The molecule has 0 radical (unpaired) electrons. The fraction of sp³-hybridized carbons (Fsp3) is 0.182. The summed E-state index contributed by atoms with van der Waals surface area (Å²) in [5, 5.41) is 3.28. The Labute approximate surface area is 167 Å². The molecule has 0 saturated carbocycles. The van der Waals surface area contributed by atoms with Crippen LogP contribution in [0.1, 0.15) is 18.1 Å². The number of anilines is 1. The van der Waals surface area contributed by atoms with Crippen molar-refractivity contribution in [1.29, 1.82) is 0 Å². The predicted octanol–water partition coefficient (Wildman–Crippen LogP) is 6.18. The van der Waals surface area contributed by atoms with E-state index in [1.807, 2.05) is 49.4 Å². The lowest BCUT2D eigenvalue weighted by molar-refractivity contribution is 0.267. The minimum atomic E-state index is -0.248. The SMILES string of the molecule is CCOc1cc(CNc2ccc(F)cc2)cc(Br)c1OCc1ccccc1. The highest BCUT2D eigenvalue weighted by Crippen LogP contribution is 2.37. The fourth-order valence-electron chi connectivity index (χ4n) is 2.63. The Balaban J connectivity index is 1.73. The Kier molecular flexibility index (Phi) is 6.71. The van der Waals surface area contributed by atoms with Gasteiger partial charge in [0.25, 0.3) is 0 Å². The summed E-state index contributed by atoms with van der Waals surface area (Å²) in [5.41, 5.74) is 2.98. The van der Waals surface area contributed by atoms with Gasteiger partial charge in [0.05, 0.1) is 11.1 Å². The topological polar surface area (TPSA) is 30.5 Å². The average molecular weight is 430 g/mol. The van der Waals surface area contributed by atoms with Crippen LogP contribution in [-0.2, 0) is 13.2 Å². The summed E-state index contributed by atoms with van der Waals surface area (Å²) in [5.74, 6) is 1.13. The molecule has 1 N–H and O–H groups in total. The van der Waals surface area contributed by atoms with Crippen LogP contribution in [0.5, 0.6) is 11.5 Å². The quantitative estimate of drug-likeness (QED) is 0.463. The number of benzene rings is 3. The molecule has 0 saturated heterocycles. The van der Waals surface area contributed by atoms with Gasteiger partial charge in [-0.05, 0) is 70.4 Å². The minimum absolute atomic E-state index is 0.248. The molecular formula is C22H21BrFNO2. The van der Waals surface area contributed by atoms with Gasteiger partial charge in [-0.1, -0.05) is 30.3 Å². The molecule has 0 fully saturated rings. The fourth-order valence-corrected chi connectivity index (χ4v) is 3.23. The summed E-state index contributed by atoms with van der Waals surface area (Å²) in [6, 6.07) is 20.3. The monoisotopic (exact) mass is 429 g/mol. The normalized spacial score (nSPS) is 10.5. The lowest BCUT2D eigenvalue weighted by Crippen LogP contribution is -2.04. The van der Waals surface area contributed by atoms with Crippen LogP contribution in [0, 0.1) is 5.82 Å². The molecule has 3 aromatic carbocycles. The molecule has 0 aliphatic rings. The van der Waals surface area contributed by atoms with Crippen LogP contribution in [-0.4, -0.2) is 6.61 Å². The summed E-state index contributed by atoms with van der Waals surface area (Å²) in [6.07, 6.45) is 0. The van der Waals surface area contributed by atoms with E-state index in [1.54, 1.807) is 12.1 Å². The van der Waals surface area contributed by atoms with Gasteiger partial charge in [-0.3, -0.25) is 0 Å². The molecule has 0 atom stereocenters. The maximum Gasteiger partial charge on any atom is 0.175 e. The molecule has 3 aromatic rings. The molecule has 0 amide bonds. The third-order valence-electron chi connectivity index (χ3n) is 3.94. The van der Waals surface area contributed by atoms with Gasteiger partial charge in [0, 0.05) is 12.2 Å². The molecule has 0 spiro atoms. The first-order valence-electron chi connectivity index (χ1n) is 8.77. The van der Waals surface area contributed by atoms with Crippen molar-refractivity contribution >= 4 is 21.6 Å². The van der Waals surface area contributed by atoms with Crippen molar-refractivity contribution in [2.24, 2.45) is 0 Å². The van der Waals surface area contributed by atoms with Crippen molar-refractivity contribution in [1.82, 2.24) is 0 Å². The number of ether oxygens (including phenoxy) is 2. The molecule has 140 valence electrons. The van der Waals surface area contributed by atoms with Gasteiger partial charge in [0.1, 0.15) is 12.4 Å². The third-order valence-corrected chi connectivity index (χ3v) is 4.53. The van der Waals surface area contributed by atoms with Gasteiger partial charge in [-0.15, -0.1) is 0 Å². The predicted molar refractivity (Wildman–Crippen MR) is 110 cm³/mol. The summed E-state index contributed by atoms with van der Waals surface area (Å²) in [6.45, 7) is 3.54. The van der Waals surface area contributed by atoms with E-state index in [-0.39, 0.29) is 5.82 Å². The van der Waals surface area contributed by atoms with Gasteiger partial charge in [-0.25, -0.2) is 4.39 Å². The molecule has 0 aromatic heterocycles. The highest BCUT2D eigenvalue weighted by molar-refractivity contribution is 9.10. The van der Waals surface area contributed by atoms with Gasteiger partial charge < -0.3 is 14.8 Å². The number of hydrogen-bond donors (Lipinski definition) is 1. The number of hydrogen-bond acceptors (Lipinski definition) is 3. The van der Waals surface area contributed by atoms with Crippen molar-refractivity contribution in [3.8, 4) is 11.5 Å². The largest absolute Gasteiger partial charge is 0.490 e. The zero-order valence-corrected chi connectivity index (χ0v) is 16.6. The molecule has 0 unspecified atom stereocenters. The number of rotatable bonds is 8. The zero-order chi connectivity index (χ0) is 19.1. The van der Waals surface area contributed by atoms with E-state index >= 15 is 0 Å². The van der Waals surface area contributed by atoms with Crippen molar-refractivity contribution in [3.05, 3.63) is 88.1 Å². The van der Waals surface area contributed by atoms with Crippen LogP contribution < -0.4 is 14.8 Å².